The molecule has 3 rings (SSSR count). The average molecular weight is 410 g/mol. The first kappa shape index (κ1) is 24.3. The summed E-state index contributed by atoms with van der Waals surface area (Å²) in [5.74, 6) is 0. The monoisotopic (exact) mass is 410 g/mol. The Morgan fingerprint density at radius 3 is 2.24 bits per heavy atom. The summed E-state index contributed by atoms with van der Waals surface area (Å²) in [6.07, 6.45) is 7.46. The summed E-state index contributed by atoms with van der Waals surface area (Å²) in [6.45, 7) is 14.7. The average Bonchev–Trinajstić information content (AvgIpc) is 3.29. The molecule has 29 heavy (non-hydrogen) atoms. The molecule has 3 aliphatic heterocycles. The van der Waals surface area contributed by atoms with E-state index in [2.05, 4.69) is 20.8 Å². The Balaban J connectivity index is 0.000000313. The highest BCUT2D eigenvalue weighted by atomic mass is 16.7. The Bertz CT molecular complexity index is 617. The van der Waals surface area contributed by atoms with Crippen LogP contribution in [-0.2, 0) is 18.8 Å². The van der Waals surface area contributed by atoms with Crippen LogP contribution in [0.3, 0.4) is 0 Å². The highest BCUT2D eigenvalue weighted by Crippen LogP contribution is 2.48. The van der Waals surface area contributed by atoms with Crippen LogP contribution in [0.4, 0.5) is 0 Å². The minimum Gasteiger partial charge on any atom is -0.501 e. The van der Waals surface area contributed by atoms with Crippen molar-refractivity contribution in [3.05, 3.63) is 24.1 Å². The molecule has 0 aromatic carbocycles. The summed E-state index contributed by atoms with van der Waals surface area (Å²) in [7, 11) is -1.78. The van der Waals surface area contributed by atoms with Gasteiger partial charge in [-0.25, -0.2) is 0 Å². The Labute approximate surface area is 175 Å². The highest BCUT2D eigenvalue weighted by Gasteiger charge is 2.58. The molecule has 1 fully saturated rings. The van der Waals surface area contributed by atoms with E-state index >= 15 is 0 Å². The van der Waals surface area contributed by atoms with Gasteiger partial charge in [0, 0.05) is 12.8 Å². The lowest BCUT2D eigenvalue weighted by Gasteiger charge is -2.46. The van der Waals surface area contributed by atoms with Crippen LogP contribution in [0.15, 0.2) is 24.1 Å². The zero-order valence-corrected chi connectivity index (χ0v) is 18.8. The maximum absolute atomic E-state index is 10.4. The van der Waals surface area contributed by atoms with E-state index < -0.39 is 37.0 Å². The normalized spacial score (nSPS) is 28.4. The second-order valence-electron chi connectivity index (χ2n) is 9.87. The maximum atomic E-state index is 10.4. The van der Waals surface area contributed by atoms with Crippen molar-refractivity contribution in [3.8, 4) is 0 Å². The topological polar surface area (TPSA) is 97.6 Å². The SMILES string of the molecule is CC(C)(O)C(C)(C)CC1(C)OB(C2=CCCO2)OC1(C)C.OB(O)C1CC=CO1. The van der Waals surface area contributed by atoms with Gasteiger partial charge in [-0.1, -0.05) is 13.8 Å². The number of rotatable bonds is 5. The van der Waals surface area contributed by atoms with E-state index in [4.69, 9.17) is 28.8 Å². The van der Waals surface area contributed by atoms with Gasteiger partial charge in [-0.15, -0.1) is 0 Å². The van der Waals surface area contributed by atoms with Crippen LogP contribution in [0.1, 0.15) is 67.7 Å². The third-order valence-corrected chi connectivity index (χ3v) is 6.49. The van der Waals surface area contributed by atoms with Crippen LogP contribution in [0, 0.1) is 5.41 Å². The van der Waals surface area contributed by atoms with Crippen LogP contribution in [-0.4, -0.2) is 58.8 Å². The lowest BCUT2D eigenvalue weighted by Crippen LogP contribution is -2.52. The van der Waals surface area contributed by atoms with Crippen molar-refractivity contribution >= 4 is 14.2 Å². The predicted molar refractivity (Wildman–Crippen MR) is 113 cm³/mol. The second kappa shape index (κ2) is 8.63. The summed E-state index contributed by atoms with van der Waals surface area (Å²) in [4.78, 5) is 0. The van der Waals surface area contributed by atoms with Gasteiger partial charge in [0.05, 0.1) is 29.7 Å². The summed E-state index contributed by atoms with van der Waals surface area (Å²) in [6, 6.07) is -0.435. The molecule has 2 unspecified atom stereocenters. The fraction of sp³-hybridized carbons (Fsp3) is 0.800. The molecule has 0 amide bonds. The second-order valence-corrected chi connectivity index (χ2v) is 9.87. The summed E-state index contributed by atoms with van der Waals surface area (Å²) >= 11 is 0. The van der Waals surface area contributed by atoms with Crippen LogP contribution < -0.4 is 0 Å². The molecule has 0 bridgehead atoms. The molecule has 9 heteroatoms. The summed E-state index contributed by atoms with van der Waals surface area (Å²) < 4.78 is 22.7. The fourth-order valence-electron chi connectivity index (χ4n) is 3.42. The molecule has 0 aromatic rings. The summed E-state index contributed by atoms with van der Waals surface area (Å²) in [5, 5.41) is 27.3. The molecule has 2 atom stereocenters. The van der Waals surface area contributed by atoms with Gasteiger partial charge in [0.25, 0.3) is 0 Å². The molecule has 7 nitrogen and oxygen atoms in total. The van der Waals surface area contributed by atoms with Crippen molar-refractivity contribution in [2.45, 2.75) is 90.5 Å². The molecule has 3 heterocycles. The maximum Gasteiger partial charge on any atom is 0.531 e. The smallest absolute Gasteiger partial charge is 0.501 e. The van der Waals surface area contributed by atoms with Crippen molar-refractivity contribution in [2.75, 3.05) is 6.61 Å². The Hall–Kier alpha value is -0.990. The van der Waals surface area contributed by atoms with E-state index in [0.29, 0.717) is 19.4 Å². The molecule has 0 aromatic heterocycles. The van der Waals surface area contributed by atoms with Crippen LogP contribution in [0.5, 0.6) is 0 Å². The van der Waals surface area contributed by atoms with E-state index in [0.717, 1.165) is 12.1 Å². The molecular weight excluding hydrogens is 374 g/mol. The van der Waals surface area contributed by atoms with Crippen LogP contribution in [0.25, 0.3) is 0 Å². The molecule has 0 aliphatic carbocycles. The van der Waals surface area contributed by atoms with Crippen molar-refractivity contribution < 1.29 is 33.9 Å². The van der Waals surface area contributed by atoms with E-state index in [1.807, 2.05) is 33.8 Å². The van der Waals surface area contributed by atoms with E-state index in [-0.39, 0.29) is 5.41 Å². The molecule has 3 aliphatic rings. The fourth-order valence-corrected chi connectivity index (χ4v) is 3.42. The number of ether oxygens (including phenoxy) is 2. The molecule has 0 radical (unpaired) electrons. The van der Waals surface area contributed by atoms with Gasteiger partial charge in [0.15, 0.2) is 0 Å². The van der Waals surface area contributed by atoms with Gasteiger partial charge in [-0.2, -0.15) is 0 Å². The van der Waals surface area contributed by atoms with E-state index in [1.165, 1.54) is 6.26 Å². The number of hydrogen-bond donors (Lipinski definition) is 3. The van der Waals surface area contributed by atoms with Crippen molar-refractivity contribution in [1.29, 1.82) is 0 Å². The molecule has 164 valence electrons. The van der Waals surface area contributed by atoms with Gasteiger partial charge < -0.3 is 33.9 Å². The van der Waals surface area contributed by atoms with Crippen molar-refractivity contribution in [1.82, 2.24) is 0 Å². The lowest BCUT2D eigenvalue weighted by atomic mass is 9.67. The number of aliphatic hydroxyl groups is 1. The zero-order valence-electron chi connectivity index (χ0n) is 18.8. The molecule has 0 saturated carbocycles. The third-order valence-electron chi connectivity index (χ3n) is 6.49. The van der Waals surface area contributed by atoms with Gasteiger partial charge >= 0.3 is 14.2 Å². The molecule has 3 N–H and O–H groups in total. The quantitative estimate of drug-likeness (QED) is 0.599. The van der Waals surface area contributed by atoms with Crippen LogP contribution in [0.2, 0.25) is 0 Å². The Morgan fingerprint density at radius 2 is 1.83 bits per heavy atom. The molecule has 1 saturated heterocycles. The minimum atomic E-state index is -1.34. The Morgan fingerprint density at radius 1 is 1.17 bits per heavy atom. The summed E-state index contributed by atoms with van der Waals surface area (Å²) in [5.41, 5.74) is -1.26. The predicted octanol–water partition coefficient (Wildman–Crippen LogP) is 2.39. The van der Waals surface area contributed by atoms with Crippen LogP contribution >= 0.6 is 0 Å². The van der Waals surface area contributed by atoms with Crippen molar-refractivity contribution in [3.63, 3.8) is 0 Å². The van der Waals surface area contributed by atoms with Gasteiger partial charge in [0.1, 0.15) is 11.7 Å². The Kier molecular flexibility index (Phi) is 7.23. The highest BCUT2D eigenvalue weighted by molar-refractivity contribution is 6.53. The van der Waals surface area contributed by atoms with Gasteiger partial charge in [-0.05, 0) is 58.6 Å². The lowest BCUT2D eigenvalue weighted by molar-refractivity contribution is -0.101. The number of hydrogen-bond acceptors (Lipinski definition) is 7. The zero-order chi connectivity index (χ0) is 22.1. The first-order chi connectivity index (χ1) is 13.2. The van der Waals surface area contributed by atoms with Gasteiger partial charge in [0.2, 0.25) is 0 Å². The van der Waals surface area contributed by atoms with Gasteiger partial charge in [-0.3, -0.25) is 0 Å². The van der Waals surface area contributed by atoms with E-state index in [9.17, 15) is 5.11 Å². The molecule has 0 spiro atoms. The first-order valence-electron chi connectivity index (χ1n) is 10.3. The molecular formula is C20H36B2O7. The third kappa shape index (κ3) is 5.58. The first-order valence-corrected chi connectivity index (χ1v) is 10.3. The standard InChI is InChI=1S/C16H29BO4.C4H7BO3/c1-13(2,14(3,4)18)11-16(7)15(5,6)20-17(21-16)12-9-8-10-19-12;6-5(7)4-2-1-3-8-4/h9,18H,8,10-11H2,1-7H3;1,3-4,6-7H,2H2. The minimum absolute atomic E-state index is 0.303. The largest absolute Gasteiger partial charge is 0.531 e. The van der Waals surface area contributed by atoms with E-state index in [1.54, 1.807) is 6.08 Å². The van der Waals surface area contributed by atoms with Crippen molar-refractivity contribution in [2.24, 2.45) is 5.41 Å².